The predicted octanol–water partition coefficient (Wildman–Crippen LogP) is 1.89. The molecule has 6 nitrogen and oxygen atoms in total. The maximum atomic E-state index is 11.9. The Morgan fingerprint density at radius 2 is 1.90 bits per heavy atom. The Labute approximate surface area is 125 Å². The van der Waals surface area contributed by atoms with Crippen molar-refractivity contribution in [2.24, 2.45) is 5.41 Å². The molecule has 2 aliphatic rings. The van der Waals surface area contributed by atoms with E-state index in [1.54, 1.807) is 7.11 Å². The van der Waals surface area contributed by atoms with Gasteiger partial charge in [-0.1, -0.05) is 19.3 Å². The molecular formula is C15H26N2O4. The highest BCUT2D eigenvalue weighted by atomic mass is 16.5. The number of nitrogens with one attached hydrogen (secondary N) is 2. The number of methoxy groups -OCH3 is 1. The molecule has 0 unspecified atom stereocenters. The minimum atomic E-state index is -0.777. The second-order valence-electron chi connectivity index (χ2n) is 6.48. The Bertz CT molecular complexity index is 374. The fraction of sp³-hybridized carbons (Fsp3) is 0.867. The van der Waals surface area contributed by atoms with Gasteiger partial charge in [0.1, 0.15) is 0 Å². The van der Waals surface area contributed by atoms with E-state index in [-0.39, 0.29) is 30.0 Å². The number of urea groups is 1. The van der Waals surface area contributed by atoms with Crippen LogP contribution in [0.25, 0.3) is 0 Å². The third-order valence-electron chi connectivity index (χ3n) is 4.83. The van der Waals surface area contributed by atoms with Crippen LogP contribution in [0.3, 0.4) is 0 Å². The molecule has 0 radical (unpaired) electrons. The van der Waals surface area contributed by atoms with Gasteiger partial charge in [-0.25, -0.2) is 4.79 Å². The molecule has 0 aromatic rings. The van der Waals surface area contributed by atoms with Crippen LogP contribution >= 0.6 is 0 Å². The summed E-state index contributed by atoms with van der Waals surface area (Å²) in [4.78, 5) is 23.0. The van der Waals surface area contributed by atoms with Crippen LogP contribution in [0.15, 0.2) is 0 Å². The maximum absolute atomic E-state index is 11.9. The number of carboxylic acid groups (broad SMARTS) is 1. The van der Waals surface area contributed by atoms with Crippen molar-refractivity contribution >= 4 is 12.0 Å². The minimum absolute atomic E-state index is 0.141. The molecule has 2 aliphatic carbocycles. The van der Waals surface area contributed by atoms with Crippen molar-refractivity contribution < 1.29 is 19.4 Å². The van der Waals surface area contributed by atoms with Gasteiger partial charge >= 0.3 is 12.0 Å². The lowest BCUT2D eigenvalue weighted by Gasteiger charge is -2.37. The smallest absolute Gasteiger partial charge is 0.315 e. The molecule has 0 spiro atoms. The lowest BCUT2D eigenvalue weighted by atomic mass is 9.72. The van der Waals surface area contributed by atoms with E-state index in [0.29, 0.717) is 6.54 Å². The zero-order chi connectivity index (χ0) is 15.3. The zero-order valence-corrected chi connectivity index (χ0v) is 12.7. The summed E-state index contributed by atoms with van der Waals surface area (Å²) in [5, 5.41) is 14.9. The summed E-state index contributed by atoms with van der Waals surface area (Å²) in [7, 11) is 1.68. The number of rotatable bonds is 6. The van der Waals surface area contributed by atoms with Gasteiger partial charge in [0.05, 0.1) is 12.5 Å². The van der Waals surface area contributed by atoms with Gasteiger partial charge in [-0.05, 0) is 31.1 Å². The first-order valence-electron chi connectivity index (χ1n) is 7.82. The highest BCUT2D eigenvalue weighted by molar-refractivity contribution is 5.74. The van der Waals surface area contributed by atoms with Crippen LogP contribution in [0.4, 0.5) is 4.79 Å². The normalized spacial score (nSPS) is 27.5. The highest BCUT2D eigenvalue weighted by Gasteiger charge is 2.35. The van der Waals surface area contributed by atoms with Crippen molar-refractivity contribution in [1.29, 1.82) is 0 Å². The van der Waals surface area contributed by atoms with E-state index in [0.717, 1.165) is 44.9 Å². The molecule has 0 aliphatic heterocycles. The Morgan fingerprint density at radius 1 is 1.24 bits per heavy atom. The van der Waals surface area contributed by atoms with E-state index in [1.165, 1.54) is 0 Å². The lowest BCUT2D eigenvalue weighted by molar-refractivity contribution is -0.140. The topological polar surface area (TPSA) is 87.7 Å². The second kappa shape index (κ2) is 7.11. The number of aliphatic carboxylic acids is 1. The summed E-state index contributed by atoms with van der Waals surface area (Å²) in [6.07, 6.45) is 7.13. The van der Waals surface area contributed by atoms with E-state index < -0.39 is 5.97 Å². The number of ether oxygens (including phenoxy) is 1. The van der Waals surface area contributed by atoms with Crippen LogP contribution in [-0.4, -0.2) is 42.9 Å². The van der Waals surface area contributed by atoms with Gasteiger partial charge in [-0.3, -0.25) is 4.79 Å². The van der Waals surface area contributed by atoms with E-state index in [2.05, 4.69) is 10.6 Å². The molecule has 0 aromatic carbocycles. The summed E-state index contributed by atoms with van der Waals surface area (Å²) >= 11 is 0. The molecule has 3 N–H and O–H groups in total. The van der Waals surface area contributed by atoms with Gasteiger partial charge in [0.2, 0.25) is 0 Å². The summed E-state index contributed by atoms with van der Waals surface area (Å²) in [5.41, 5.74) is -0.268. The average Bonchev–Trinajstić information content (AvgIpc) is 2.40. The number of hydrogen-bond acceptors (Lipinski definition) is 3. The fourth-order valence-electron chi connectivity index (χ4n) is 3.42. The number of amides is 2. The first-order valence-corrected chi connectivity index (χ1v) is 7.82. The van der Waals surface area contributed by atoms with E-state index in [1.807, 2.05) is 0 Å². The van der Waals surface area contributed by atoms with Gasteiger partial charge < -0.3 is 20.5 Å². The second-order valence-corrected chi connectivity index (χ2v) is 6.48. The highest BCUT2D eigenvalue weighted by Crippen LogP contribution is 2.38. The minimum Gasteiger partial charge on any atom is -0.481 e. The van der Waals surface area contributed by atoms with Crippen molar-refractivity contribution in [3.05, 3.63) is 0 Å². The average molecular weight is 298 g/mol. The fourth-order valence-corrected chi connectivity index (χ4v) is 3.42. The van der Waals surface area contributed by atoms with E-state index in [9.17, 15) is 9.59 Å². The predicted molar refractivity (Wildman–Crippen MR) is 78.1 cm³/mol. The third-order valence-corrected chi connectivity index (χ3v) is 4.83. The van der Waals surface area contributed by atoms with Crippen LogP contribution < -0.4 is 10.6 Å². The summed E-state index contributed by atoms with van der Waals surface area (Å²) in [6, 6.07) is -0.0124. The van der Waals surface area contributed by atoms with Gasteiger partial charge in [-0.2, -0.15) is 0 Å². The van der Waals surface area contributed by atoms with E-state index >= 15 is 0 Å². The first-order chi connectivity index (χ1) is 10.0. The molecule has 0 atom stereocenters. The van der Waals surface area contributed by atoms with Gasteiger partial charge in [0, 0.05) is 19.7 Å². The van der Waals surface area contributed by atoms with Gasteiger partial charge in [0.15, 0.2) is 0 Å². The molecule has 2 fully saturated rings. The molecule has 21 heavy (non-hydrogen) atoms. The van der Waals surface area contributed by atoms with Crippen LogP contribution in [0, 0.1) is 5.41 Å². The molecule has 120 valence electrons. The van der Waals surface area contributed by atoms with Crippen LogP contribution in [-0.2, 0) is 9.53 Å². The Morgan fingerprint density at radius 3 is 2.48 bits per heavy atom. The van der Waals surface area contributed by atoms with Crippen LogP contribution in [0.5, 0.6) is 0 Å². The third kappa shape index (κ3) is 4.59. The number of carbonyl (C=O) groups is 2. The molecule has 2 rings (SSSR count). The van der Waals surface area contributed by atoms with Crippen molar-refractivity contribution in [3.8, 4) is 0 Å². The van der Waals surface area contributed by atoms with Crippen LogP contribution in [0.1, 0.15) is 51.4 Å². The molecule has 0 saturated heterocycles. The van der Waals surface area contributed by atoms with Crippen molar-refractivity contribution in [2.45, 2.75) is 63.5 Å². The Balaban J connectivity index is 1.75. The Hall–Kier alpha value is -1.30. The molecule has 0 bridgehead atoms. The number of hydrogen-bond donors (Lipinski definition) is 3. The summed E-state index contributed by atoms with van der Waals surface area (Å²) in [5.74, 6) is -0.777. The largest absolute Gasteiger partial charge is 0.481 e. The maximum Gasteiger partial charge on any atom is 0.315 e. The van der Waals surface area contributed by atoms with Crippen LogP contribution in [0.2, 0.25) is 0 Å². The molecule has 0 heterocycles. The van der Waals surface area contributed by atoms with Crippen molar-refractivity contribution in [1.82, 2.24) is 10.6 Å². The molecule has 6 heteroatoms. The number of carboxylic acids is 1. The standard InChI is InChI=1S/C15H26N2O4/c1-21-12-7-11(8-12)17-14(20)16-10-15(9-13(18)19)5-3-2-4-6-15/h11-12H,2-10H2,1H3,(H,18,19)(H2,16,17,20). The number of carbonyl (C=O) groups excluding carboxylic acids is 1. The quantitative estimate of drug-likeness (QED) is 0.699. The molecule has 2 saturated carbocycles. The zero-order valence-electron chi connectivity index (χ0n) is 12.7. The van der Waals surface area contributed by atoms with Crippen molar-refractivity contribution in [2.75, 3.05) is 13.7 Å². The SMILES string of the molecule is COC1CC(NC(=O)NCC2(CC(=O)O)CCCCC2)C1. The summed E-state index contributed by atoms with van der Waals surface area (Å²) in [6.45, 7) is 0.450. The van der Waals surface area contributed by atoms with Gasteiger partial charge in [-0.15, -0.1) is 0 Å². The molecular weight excluding hydrogens is 272 g/mol. The molecule has 2 amide bonds. The monoisotopic (exact) mass is 298 g/mol. The molecule has 0 aromatic heterocycles. The van der Waals surface area contributed by atoms with Gasteiger partial charge in [0.25, 0.3) is 0 Å². The van der Waals surface area contributed by atoms with E-state index in [4.69, 9.17) is 9.84 Å². The van der Waals surface area contributed by atoms with Crippen molar-refractivity contribution in [3.63, 3.8) is 0 Å². The lowest BCUT2D eigenvalue weighted by Crippen LogP contribution is -2.52. The Kier molecular flexibility index (Phi) is 5.45. The summed E-state index contributed by atoms with van der Waals surface area (Å²) < 4.78 is 5.18. The first kappa shape index (κ1) is 16.1.